The summed E-state index contributed by atoms with van der Waals surface area (Å²) in [5.74, 6) is -1.11. The number of anilines is 1. The Kier molecular flexibility index (Phi) is 6.33. The van der Waals surface area contributed by atoms with Crippen LogP contribution >= 0.6 is 0 Å². The maximum atomic E-state index is 12.6. The molecule has 0 aliphatic rings. The summed E-state index contributed by atoms with van der Waals surface area (Å²) in [4.78, 5) is 39.8. The lowest BCUT2D eigenvalue weighted by molar-refractivity contribution is 0.0524. The fourth-order valence-electron chi connectivity index (χ4n) is 2.82. The van der Waals surface area contributed by atoms with Crippen molar-refractivity contribution in [3.63, 3.8) is 0 Å². The number of aromatic nitrogens is 1. The maximum absolute atomic E-state index is 12.6. The number of carbonyl (C=O) groups excluding carboxylic acids is 2. The summed E-state index contributed by atoms with van der Waals surface area (Å²) in [6.07, 6.45) is 1.26. The number of ether oxygens (including phenoxy) is 1. The van der Waals surface area contributed by atoms with E-state index in [9.17, 15) is 14.4 Å². The van der Waals surface area contributed by atoms with Gasteiger partial charge in [-0.2, -0.15) is 0 Å². The van der Waals surface area contributed by atoms with E-state index >= 15 is 0 Å². The topological polar surface area (TPSA) is 88.3 Å². The molecule has 0 atom stereocenters. The van der Waals surface area contributed by atoms with E-state index in [0.717, 1.165) is 17.5 Å². The quantitative estimate of drug-likeness (QED) is 0.777. The molecule has 1 aromatic heterocycles. The predicted molar refractivity (Wildman–Crippen MR) is 101 cm³/mol. The van der Waals surface area contributed by atoms with Gasteiger partial charge < -0.3 is 15.0 Å². The standard InChI is InChI=1S/C20H24N2O4/c1-5-7-17-15(20(25)26-6-2)11-16(19(24)22-17)18(23)21-14-9-12(3)8-13(4)10-14/h8-11H,5-7H2,1-4H3,(H,21,23)(H,22,24). The molecule has 0 bridgehead atoms. The van der Waals surface area contributed by atoms with Gasteiger partial charge in [0, 0.05) is 11.4 Å². The first-order valence-corrected chi connectivity index (χ1v) is 8.68. The summed E-state index contributed by atoms with van der Waals surface area (Å²) >= 11 is 0. The van der Waals surface area contributed by atoms with Crippen molar-refractivity contribution in [1.29, 1.82) is 0 Å². The minimum Gasteiger partial charge on any atom is -0.462 e. The number of rotatable bonds is 6. The highest BCUT2D eigenvalue weighted by molar-refractivity contribution is 6.05. The van der Waals surface area contributed by atoms with Gasteiger partial charge in [-0.1, -0.05) is 19.4 Å². The van der Waals surface area contributed by atoms with E-state index < -0.39 is 17.4 Å². The second kappa shape index (κ2) is 8.47. The Morgan fingerprint density at radius 1 is 1.04 bits per heavy atom. The number of esters is 1. The zero-order valence-corrected chi connectivity index (χ0v) is 15.6. The zero-order valence-electron chi connectivity index (χ0n) is 15.6. The van der Waals surface area contributed by atoms with E-state index in [2.05, 4.69) is 10.3 Å². The third-order valence-corrected chi connectivity index (χ3v) is 3.84. The molecule has 0 fully saturated rings. The molecule has 0 spiro atoms. The third kappa shape index (κ3) is 4.59. The third-order valence-electron chi connectivity index (χ3n) is 3.84. The lowest BCUT2D eigenvalue weighted by Gasteiger charge is -2.11. The molecule has 0 saturated carbocycles. The highest BCUT2D eigenvalue weighted by atomic mass is 16.5. The Morgan fingerprint density at radius 2 is 1.69 bits per heavy atom. The molecule has 6 nitrogen and oxygen atoms in total. The first-order chi connectivity index (χ1) is 12.3. The van der Waals surface area contributed by atoms with Gasteiger partial charge in [-0.05, 0) is 56.5 Å². The maximum Gasteiger partial charge on any atom is 0.339 e. The molecule has 2 rings (SSSR count). The second-order valence-corrected chi connectivity index (χ2v) is 6.21. The van der Waals surface area contributed by atoms with Crippen molar-refractivity contribution in [3.8, 4) is 0 Å². The van der Waals surface area contributed by atoms with Crippen LogP contribution in [-0.4, -0.2) is 23.5 Å². The van der Waals surface area contributed by atoms with Crippen LogP contribution in [0.25, 0.3) is 0 Å². The van der Waals surface area contributed by atoms with E-state index in [0.29, 0.717) is 17.8 Å². The molecule has 6 heteroatoms. The van der Waals surface area contributed by atoms with Gasteiger partial charge in [0.05, 0.1) is 12.2 Å². The van der Waals surface area contributed by atoms with Crippen molar-refractivity contribution in [2.45, 2.75) is 40.5 Å². The first-order valence-electron chi connectivity index (χ1n) is 8.68. The minimum atomic E-state index is -0.565. The van der Waals surface area contributed by atoms with Crippen LogP contribution < -0.4 is 10.9 Å². The van der Waals surface area contributed by atoms with Crippen LogP contribution in [0, 0.1) is 13.8 Å². The van der Waals surface area contributed by atoms with Crippen molar-refractivity contribution in [2.75, 3.05) is 11.9 Å². The molecule has 1 aromatic carbocycles. The monoisotopic (exact) mass is 356 g/mol. The van der Waals surface area contributed by atoms with Crippen molar-refractivity contribution in [2.24, 2.45) is 0 Å². The van der Waals surface area contributed by atoms with Crippen LogP contribution in [-0.2, 0) is 11.2 Å². The fraction of sp³-hybridized carbons (Fsp3) is 0.350. The summed E-state index contributed by atoms with van der Waals surface area (Å²) < 4.78 is 5.05. The van der Waals surface area contributed by atoms with Gasteiger partial charge in [-0.25, -0.2) is 4.79 Å². The molecular formula is C20H24N2O4. The molecule has 0 saturated heterocycles. The number of hydrogen-bond acceptors (Lipinski definition) is 4. The minimum absolute atomic E-state index is 0.118. The molecule has 0 aliphatic carbocycles. The number of carbonyl (C=O) groups is 2. The SMILES string of the molecule is CCCc1[nH]c(=O)c(C(=O)Nc2cc(C)cc(C)c2)cc1C(=O)OCC. The molecule has 26 heavy (non-hydrogen) atoms. The molecule has 0 aliphatic heterocycles. The van der Waals surface area contributed by atoms with E-state index in [-0.39, 0.29) is 17.7 Å². The summed E-state index contributed by atoms with van der Waals surface area (Å²) in [5.41, 5.74) is 2.66. The number of aromatic amines is 1. The number of nitrogens with one attached hydrogen (secondary N) is 2. The Labute approximate surface area is 152 Å². The average molecular weight is 356 g/mol. The van der Waals surface area contributed by atoms with Gasteiger partial charge in [-0.15, -0.1) is 0 Å². The largest absolute Gasteiger partial charge is 0.462 e. The van der Waals surface area contributed by atoms with Crippen LogP contribution in [0.15, 0.2) is 29.1 Å². The zero-order chi connectivity index (χ0) is 19.3. The summed E-state index contributed by atoms with van der Waals surface area (Å²) in [7, 11) is 0. The Balaban J connectivity index is 2.41. The first kappa shape index (κ1) is 19.4. The van der Waals surface area contributed by atoms with Crippen LogP contribution in [0.3, 0.4) is 0 Å². The number of pyridine rings is 1. The van der Waals surface area contributed by atoms with E-state index in [1.807, 2.05) is 39.0 Å². The number of benzene rings is 1. The number of amides is 1. The van der Waals surface area contributed by atoms with Gasteiger partial charge in [0.2, 0.25) is 0 Å². The van der Waals surface area contributed by atoms with Crippen LogP contribution in [0.1, 0.15) is 57.8 Å². The Bertz CT molecular complexity index is 864. The summed E-state index contributed by atoms with van der Waals surface area (Å²) in [5, 5.41) is 2.72. The van der Waals surface area contributed by atoms with Crippen molar-refractivity contribution < 1.29 is 14.3 Å². The second-order valence-electron chi connectivity index (χ2n) is 6.21. The summed E-state index contributed by atoms with van der Waals surface area (Å²) in [6.45, 7) is 7.71. The van der Waals surface area contributed by atoms with Gasteiger partial charge >= 0.3 is 5.97 Å². The number of aryl methyl sites for hydroxylation is 3. The van der Waals surface area contributed by atoms with Crippen molar-refractivity contribution >= 4 is 17.6 Å². The van der Waals surface area contributed by atoms with Gasteiger partial charge in [0.1, 0.15) is 5.56 Å². The van der Waals surface area contributed by atoms with E-state index in [1.165, 1.54) is 6.07 Å². The van der Waals surface area contributed by atoms with E-state index in [1.54, 1.807) is 6.92 Å². The van der Waals surface area contributed by atoms with Crippen LogP contribution in [0.2, 0.25) is 0 Å². The molecule has 138 valence electrons. The normalized spacial score (nSPS) is 10.5. The molecule has 0 unspecified atom stereocenters. The van der Waals surface area contributed by atoms with Gasteiger partial charge in [0.25, 0.3) is 11.5 Å². The number of hydrogen-bond donors (Lipinski definition) is 2. The molecule has 1 amide bonds. The highest BCUT2D eigenvalue weighted by Gasteiger charge is 2.20. The lowest BCUT2D eigenvalue weighted by atomic mass is 10.1. The van der Waals surface area contributed by atoms with Crippen molar-refractivity contribution in [3.05, 3.63) is 62.6 Å². The average Bonchev–Trinajstić information content (AvgIpc) is 2.54. The Hall–Kier alpha value is -2.89. The van der Waals surface area contributed by atoms with E-state index in [4.69, 9.17) is 4.74 Å². The summed E-state index contributed by atoms with van der Waals surface area (Å²) in [6, 6.07) is 6.94. The smallest absolute Gasteiger partial charge is 0.339 e. The molecular weight excluding hydrogens is 332 g/mol. The number of H-pyrrole nitrogens is 1. The van der Waals surface area contributed by atoms with Crippen LogP contribution in [0.5, 0.6) is 0 Å². The highest BCUT2D eigenvalue weighted by Crippen LogP contribution is 2.16. The molecule has 0 radical (unpaired) electrons. The van der Waals surface area contributed by atoms with Gasteiger partial charge in [-0.3, -0.25) is 9.59 Å². The van der Waals surface area contributed by atoms with Gasteiger partial charge in [0.15, 0.2) is 0 Å². The Morgan fingerprint density at radius 3 is 2.27 bits per heavy atom. The molecule has 2 aromatic rings. The lowest BCUT2D eigenvalue weighted by Crippen LogP contribution is -2.26. The predicted octanol–water partition coefficient (Wildman–Crippen LogP) is 3.37. The van der Waals surface area contributed by atoms with Crippen LogP contribution in [0.4, 0.5) is 5.69 Å². The van der Waals surface area contributed by atoms with Crippen molar-refractivity contribution in [1.82, 2.24) is 4.98 Å². The molecule has 2 N–H and O–H groups in total. The molecule has 1 heterocycles. The fourth-order valence-corrected chi connectivity index (χ4v) is 2.82.